The first-order valence-corrected chi connectivity index (χ1v) is 10.0. The molecule has 0 aliphatic carbocycles. The zero-order valence-electron chi connectivity index (χ0n) is 17.6. The Hall–Kier alpha value is -2.92. The van der Waals surface area contributed by atoms with Gasteiger partial charge in [-0.05, 0) is 44.9 Å². The van der Waals surface area contributed by atoms with Gasteiger partial charge in [0, 0.05) is 28.4 Å². The fourth-order valence-corrected chi connectivity index (χ4v) is 3.12. The molecule has 2 N–H and O–H groups in total. The highest BCUT2D eigenvalue weighted by Gasteiger charge is 2.12. The SMILES string of the molecule is CCC=CCOC(=O)N=c1cccc2c(c1)[nH]c1c(CNC(C)(C)C)cccc12. The third-order valence-corrected chi connectivity index (χ3v) is 4.55. The summed E-state index contributed by atoms with van der Waals surface area (Å²) in [4.78, 5) is 19.6. The minimum absolute atomic E-state index is 0.0410. The van der Waals surface area contributed by atoms with E-state index < -0.39 is 6.09 Å². The quantitative estimate of drug-likeness (QED) is 0.587. The molecule has 0 fully saturated rings. The van der Waals surface area contributed by atoms with Crippen molar-refractivity contribution in [3.05, 3.63) is 65.5 Å². The first-order chi connectivity index (χ1) is 13.9. The van der Waals surface area contributed by atoms with Crippen molar-refractivity contribution >= 4 is 27.9 Å². The summed E-state index contributed by atoms with van der Waals surface area (Å²) in [5, 5.41) is 6.35. The molecule has 1 heterocycles. The van der Waals surface area contributed by atoms with Gasteiger partial charge in [0.1, 0.15) is 6.61 Å². The van der Waals surface area contributed by atoms with Gasteiger partial charge in [-0.2, -0.15) is 4.99 Å². The van der Waals surface area contributed by atoms with Gasteiger partial charge in [-0.3, -0.25) is 0 Å². The number of rotatable bonds is 5. The summed E-state index contributed by atoms with van der Waals surface area (Å²) < 4.78 is 5.12. The summed E-state index contributed by atoms with van der Waals surface area (Å²) in [6.07, 6.45) is 4.10. The highest BCUT2D eigenvalue weighted by molar-refractivity contribution is 6.07. The molecule has 1 aromatic heterocycles. The van der Waals surface area contributed by atoms with Crippen LogP contribution in [0, 0.1) is 0 Å². The van der Waals surface area contributed by atoms with Crippen molar-refractivity contribution < 1.29 is 9.53 Å². The Balaban J connectivity index is 1.96. The van der Waals surface area contributed by atoms with E-state index in [0.717, 1.165) is 34.8 Å². The van der Waals surface area contributed by atoms with Crippen LogP contribution in [0.1, 0.15) is 39.7 Å². The number of H-pyrrole nitrogens is 1. The van der Waals surface area contributed by atoms with Crippen LogP contribution in [0.15, 0.2) is 59.6 Å². The van der Waals surface area contributed by atoms with E-state index in [2.05, 4.69) is 54.3 Å². The lowest BCUT2D eigenvalue weighted by atomic mass is 10.1. The number of hydrogen-bond acceptors (Lipinski definition) is 3. The van der Waals surface area contributed by atoms with E-state index in [9.17, 15) is 4.79 Å². The summed E-state index contributed by atoms with van der Waals surface area (Å²) in [5.41, 5.74) is 3.28. The number of allylic oxidation sites excluding steroid dienone is 1. The second kappa shape index (κ2) is 9.05. The lowest BCUT2D eigenvalue weighted by molar-refractivity contribution is 0.168. The van der Waals surface area contributed by atoms with Crippen LogP contribution in [-0.2, 0) is 11.3 Å². The standard InChI is InChI=1S/C24H29N3O2/c1-5-6-7-14-29-23(28)26-18-11-9-12-19-20-13-8-10-17(16-25-24(2,3)4)22(20)27-21(19)15-18/h6-13,15,25,27H,5,14,16H2,1-4H3. The molecule has 0 atom stereocenters. The lowest BCUT2D eigenvalue weighted by Gasteiger charge is -2.20. The average Bonchev–Trinajstić information content (AvgIpc) is 2.88. The zero-order chi connectivity index (χ0) is 20.9. The number of fused-ring (bicyclic) bond motifs is 3. The molecule has 0 unspecified atom stereocenters. The van der Waals surface area contributed by atoms with Crippen LogP contribution < -0.4 is 10.7 Å². The van der Waals surface area contributed by atoms with E-state index in [0.29, 0.717) is 5.36 Å². The number of aromatic amines is 1. The molecule has 5 heteroatoms. The van der Waals surface area contributed by atoms with Crippen molar-refractivity contribution in [2.45, 2.75) is 46.2 Å². The van der Waals surface area contributed by atoms with Gasteiger partial charge in [-0.25, -0.2) is 4.79 Å². The third-order valence-electron chi connectivity index (χ3n) is 4.55. The van der Waals surface area contributed by atoms with Crippen molar-refractivity contribution in [1.82, 2.24) is 10.3 Å². The van der Waals surface area contributed by atoms with Gasteiger partial charge in [-0.1, -0.05) is 49.4 Å². The van der Waals surface area contributed by atoms with Crippen molar-refractivity contribution in [2.24, 2.45) is 4.99 Å². The lowest BCUT2D eigenvalue weighted by Crippen LogP contribution is -2.35. The second-order valence-corrected chi connectivity index (χ2v) is 8.06. The van der Waals surface area contributed by atoms with Gasteiger partial charge in [0.15, 0.2) is 0 Å². The van der Waals surface area contributed by atoms with E-state index in [-0.39, 0.29) is 12.1 Å². The molecule has 0 saturated heterocycles. The largest absolute Gasteiger partial charge is 0.444 e. The molecule has 152 valence electrons. The van der Waals surface area contributed by atoms with Gasteiger partial charge < -0.3 is 15.0 Å². The Labute approximate surface area is 171 Å². The molecular weight excluding hydrogens is 362 g/mol. The monoisotopic (exact) mass is 391 g/mol. The normalized spacial score (nSPS) is 12.9. The number of hydrogen-bond donors (Lipinski definition) is 2. The number of aromatic nitrogens is 1. The maximum atomic E-state index is 12.0. The predicted molar refractivity (Wildman–Crippen MR) is 119 cm³/mol. The van der Waals surface area contributed by atoms with Crippen LogP contribution in [0.5, 0.6) is 0 Å². The van der Waals surface area contributed by atoms with Crippen LogP contribution in [-0.4, -0.2) is 23.2 Å². The van der Waals surface area contributed by atoms with Crippen molar-refractivity contribution in [1.29, 1.82) is 0 Å². The molecule has 2 aromatic carbocycles. The highest BCUT2D eigenvalue weighted by atomic mass is 16.5. The van der Waals surface area contributed by atoms with Crippen LogP contribution in [0.4, 0.5) is 4.79 Å². The molecule has 0 aliphatic heterocycles. The van der Waals surface area contributed by atoms with E-state index in [1.807, 2.05) is 43.3 Å². The fraction of sp³-hybridized carbons (Fsp3) is 0.333. The first kappa shape index (κ1) is 20.8. The number of carbonyl (C=O) groups is 1. The van der Waals surface area contributed by atoms with Crippen molar-refractivity contribution in [3.8, 4) is 0 Å². The minimum atomic E-state index is -0.587. The van der Waals surface area contributed by atoms with Gasteiger partial charge in [-0.15, -0.1) is 0 Å². The topological polar surface area (TPSA) is 66.5 Å². The number of nitrogens with zero attached hydrogens (tertiary/aromatic N) is 1. The number of benzene rings is 1. The molecule has 1 amide bonds. The van der Waals surface area contributed by atoms with Gasteiger partial charge in [0.25, 0.3) is 0 Å². The van der Waals surface area contributed by atoms with Crippen LogP contribution in [0.2, 0.25) is 0 Å². The number of nitrogens with one attached hydrogen (secondary N) is 2. The Morgan fingerprint density at radius 3 is 2.66 bits per heavy atom. The van der Waals surface area contributed by atoms with Crippen molar-refractivity contribution in [2.75, 3.05) is 6.61 Å². The number of amides is 1. The third kappa shape index (κ3) is 5.55. The van der Waals surface area contributed by atoms with Crippen molar-refractivity contribution in [3.63, 3.8) is 0 Å². The van der Waals surface area contributed by atoms with Gasteiger partial charge >= 0.3 is 6.09 Å². The molecule has 29 heavy (non-hydrogen) atoms. The molecule has 0 spiro atoms. The van der Waals surface area contributed by atoms with E-state index >= 15 is 0 Å². The Bertz CT molecular complexity index is 1100. The van der Waals surface area contributed by atoms with Crippen LogP contribution in [0.3, 0.4) is 0 Å². The van der Waals surface area contributed by atoms with Crippen LogP contribution in [0.25, 0.3) is 21.8 Å². The summed E-state index contributed by atoms with van der Waals surface area (Å²) in [6, 6.07) is 14.0. The summed E-state index contributed by atoms with van der Waals surface area (Å²) >= 11 is 0. The van der Waals surface area contributed by atoms with Gasteiger partial charge in [0.2, 0.25) is 0 Å². The molecule has 3 rings (SSSR count). The molecular formula is C24H29N3O2. The molecule has 3 aromatic rings. The maximum absolute atomic E-state index is 12.0. The Morgan fingerprint density at radius 1 is 1.14 bits per heavy atom. The Morgan fingerprint density at radius 2 is 1.90 bits per heavy atom. The molecule has 5 nitrogen and oxygen atoms in total. The van der Waals surface area contributed by atoms with E-state index in [1.165, 1.54) is 5.56 Å². The number of carbonyl (C=O) groups excluding carboxylic acids is 1. The Kier molecular flexibility index (Phi) is 6.49. The minimum Gasteiger partial charge on any atom is -0.444 e. The highest BCUT2D eigenvalue weighted by Crippen LogP contribution is 2.26. The maximum Gasteiger partial charge on any atom is 0.434 e. The average molecular weight is 392 g/mol. The number of ether oxygens (including phenoxy) is 1. The molecule has 0 bridgehead atoms. The van der Waals surface area contributed by atoms with Crippen LogP contribution >= 0.6 is 0 Å². The fourth-order valence-electron chi connectivity index (χ4n) is 3.12. The summed E-state index contributed by atoms with van der Waals surface area (Å²) in [6.45, 7) is 9.51. The van der Waals surface area contributed by atoms with E-state index in [4.69, 9.17) is 4.74 Å². The first-order valence-electron chi connectivity index (χ1n) is 10.0. The predicted octanol–water partition coefficient (Wildman–Crippen LogP) is 5.21. The smallest absolute Gasteiger partial charge is 0.434 e. The zero-order valence-corrected chi connectivity index (χ0v) is 17.6. The molecule has 0 radical (unpaired) electrons. The summed E-state index contributed by atoms with van der Waals surface area (Å²) in [5.74, 6) is 0. The van der Waals surface area contributed by atoms with E-state index in [1.54, 1.807) is 0 Å². The van der Waals surface area contributed by atoms with Gasteiger partial charge in [0.05, 0.1) is 10.9 Å². The molecule has 0 saturated carbocycles. The summed E-state index contributed by atoms with van der Waals surface area (Å²) in [7, 11) is 0. The number of para-hydroxylation sites is 1. The second-order valence-electron chi connectivity index (χ2n) is 8.06. The molecule has 0 aliphatic rings.